The molecule has 0 aliphatic heterocycles. The van der Waals surface area contributed by atoms with Crippen molar-refractivity contribution in [2.24, 2.45) is 5.92 Å². The second kappa shape index (κ2) is 4.49. The van der Waals surface area contributed by atoms with E-state index in [4.69, 9.17) is 11.6 Å². The second-order valence-electron chi connectivity index (χ2n) is 5.49. The first-order valence-electron chi connectivity index (χ1n) is 5.67. The standard InChI is InChI=1S/C11H18ClN3S/c1-11(2,3)9-14-10(16-15-9)13-6-7-4-8(12)5-7/h7-8H,4-6H2,1-3H3,(H,13,14,15). The molecular weight excluding hydrogens is 242 g/mol. The van der Waals surface area contributed by atoms with Crippen molar-refractivity contribution in [1.82, 2.24) is 9.36 Å². The Morgan fingerprint density at radius 3 is 2.62 bits per heavy atom. The van der Waals surface area contributed by atoms with Crippen LogP contribution in [0, 0.1) is 5.92 Å². The molecule has 1 aliphatic carbocycles. The molecule has 90 valence electrons. The van der Waals surface area contributed by atoms with Gasteiger partial charge in [-0.15, -0.1) is 11.6 Å². The number of alkyl halides is 1. The van der Waals surface area contributed by atoms with Crippen LogP contribution in [0.25, 0.3) is 0 Å². The van der Waals surface area contributed by atoms with Gasteiger partial charge in [-0.1, -0.05) is 20.8 Å². The van der Waals surface area contributed by atoms with Gasteiger partial charge < -0.3 is 5.32 Å². The third-order valence-corrected chi connectivity index (χ3v) is 3.85. The number of aromatic nitrogens is 2. The third kappa shape index (κ3) is 2.86. The topological polar surface area (TPSA) is 37.8 Å². The lowest BCUT2D eigenvalue weighted by atomic mass is 9.85. The lowest BCUT2D eigenvalue weighted by Crippen LogP contribution is -2.29. The Balaban J connectivity index is 1.84. The molecule has 0 saturated heterocycles. The van der Waals surface area contributed by atoms with Crippen LogP contribution in [-0.2, 0) is 5.41 Å². The minimum absolute atomic E-state index is 0.0358. The molecule has 2 rings (SSSR count). The van der Waals surface area contributed by atoms with Gasteiger partial charge in [0.05, 0.1) is 0 Å². The van der Waals surface area contributed by atoms with Crippen LogP contribution < -0.4 is 5.32 Å². The molecule has 1 saturated carbocycles. The smallest absolute Gasteiger partial charge is 0.202 e. The molecule has 1 aliphatic rings. The summed E-state index contributed by atoms with van der Waals surface area (Å²) in [5.74, 6) is 1.63. The van der Waals surface area contributed by atoms with Crippen molar-refractivity contribution in [3.8, 4) is 0 Å². The summed E-state index contributed by atoms with van der Waals surface area (Å²) in [6.45, 7) is 7.36. The minimum Gasteiger partial charge on any atom is -0.360 e. The Hall–Kier alpha value is -0.350. The van der Waals surface area contributed by atoms with Crippen molar-refractivity contribution in [3.63, 3.8) is 0 Å². The van der Waals surface area contributed by atoms with Gasteiger partial charge in [-0.25, -0.2) is 4.98 Å². The average molecular weight is 260 g/mol. The van der Waals surface area contributed by atoms with Crippen molar-refractivity contribution in [2.45, 2.75) is 44.4 Å². The van der Waals surface area contributed by atoms with Crippen molar-refractivity contribution in [3.05, 3.63) is 5.82 Å². The van der Waals surface area contributed by atoms with Crippen molar-refractivity contribution >= 4 is 28.3 Å². The molecule has 0 atom stereocenters. The highest BCUT2D eigenvalue weighted by molar-refractivity contribution is 7.09. The first kappa shape index (κ1) is 12.1. The zero-order chi connectivity index (χ0) is 11.8. The molecule has 3 nitrogen and oxygen atoms in total. The second-order valence-corrected chi connectivity index (χ2v) is 6.86. The summed E-state index contributed by atoms with van der Waals surface area (Å²) in [5.41, 5.74) is 0.0358. The van der Waals surface area contributed by atoms with Gasteiger partial charge in [0.2, 0.25) is 5.13 Å². The monoisotopic (exact) mass is 259 g/mol. The molecule has 0 aromatic carbocycles. The summed E-state index contributed by atoms with van der Waals surface area (Å²) in [5, 5.41) is 4.67. The Labute approximate surface area is 106 Å². The third-order valence-electron chi connectivity index (χ3n) is 2.82. The van der Waals surface area contributed by atoms with Crippen LogP contribution in [0.15, 0.2) is 0 Å². The fourth-order valence-corrected chi connectivity index (χ4v) is 2.92. The van der Waals surface area contributed by atoms with E-state index < -0.39 is 0 Å². The van der Waals surface area contributed by atoms with E-state index >= 15 is 0 Å². The van der Waals surface area contributed by atoms with E-state index in [2.05, 4.69) is 35.4 Å². The Morgan fingerprint density at radius 1 is 1.44 bits per heavy atom. The highest BCUT2D eigenvalue weighted by atomic mass is 35.5. The highest BCUT2D eigenvalue weighted by Crippen LogP contribution is 2.32. The summed E-state index contributed by atoms with van der Waals surface area (Å²) in [7, 11) is 0. The van der Waals surface area contributed by atoms with E-state index in [9.17, 15) is 0 Å². The maximum atomic E-state index is 5.94. The Kier molecular flexibility index (Phi) is 3.40. The van der Waals surface area contributed by atoms with Crippen LogP contribution in [0.1, 0.15) is 39.4 Å². The molecular formula is C11H18ClN3S. The molecule has 0 spiro atoms. The number of nitrogens with zero attached hydrogens (tertiary/aromatic N) is 2. The molecule has 1 fully saturated rings. The van der Waals surface area contributed by atoms with Gasteiger partial charge in [-0.2, -0.15) is 4.37 Å². The van der Waals surface area contributed by atoms with Crippen LogP contribution in [0.2, 0.25) is 0 Å². The number of hydrogen-bond acceptors (Lipinski definition) is 4. The molecule has 1 heterocycles. The SMILES string of the molecule is CC(C)(C)c1nsc(NCC2CC(Cl)C2)n1. The summed E-state index contributed by atoms with van der Waals surface area (Å²) in [6, 6.07) is 0. The predicted molar refractivity (Wildman–Crippen MR) is 69.5 cm³/mol. The van der Waals surface area contributed by atoms with Gasteiger partial charge in [0, 0.05) is 28.9 Å². The maximum absolute atomic E-state index is 5.94. The number of anilines is 1. The van der Waals surface area contributed by atoms with Crippen molar-refractivity contribution in [2.75, 3.05) is 11.9 Å². The van der Waals surface area contributed by atoms with Crippen molar-refractivity contribution < 1.29 is 0 Å². The van der Waals surface area contributed by atoms with Crippen molar-refractivity contribution in [1.29, 1.82) is 0 Å². The van der Waals surface area contributed by atoms with Crippen LogP contribution in [0.5, 0.6) is 0 Å². The molecule has 16 heavy (non-hydrogen) atoms. The molecule has 0 amide bonds. The molecule has 5 heteroatoms. The fourth-order valence-electron chi connectivity index (χ4n) is 1.65. The quantitative estimate of drug-likeness (QED) is 0.847. The summed E-state index contributed by atoms with van der Waals surface area (Å²) in [4.78, 5) is 4.49. The highest BCUT2D eigenvalue weighted by Gasteiger charge is 2.27. The molecule has 0 radical (unpaired) electrons. The number of rotatable bonds is 3. The average Bonchev–Trinajstić information content (AvgIpc) is 2.58. The number of hydrogen-bond donors (Lipinski definition) is 1. The van der Waals surface area contributed by atoms with Gasteiger partial charge in [0.15, 0.2) is 0 Å². The van der Waals surface area contributed by atoms with E-state index in [1.165, 1.54) is 11.5 Å². The molecule has 0 unspecified atom stereocenters. The lowest BCUT2D eigenvalue weighted by Gasteiger charge is -2.30. The Morgan fingerprint density at radius 2 is 2.12 bits per heavy atom. The lowest BCUT2D eigenvalue weighted by molar-refractivity contribution is 0.341. The van der Waals surface area contributed by atoms with E-state index in [-0.39, 0.29) is 5.41 Å². The van der Waals surface area contributed by atoms with E-state index in [0.717, 1.165) is 30.3 Å². The maximum Gasteiger partial charge on any atom is 0.202 e. The zero-order valence-electron chi connectivity index (χ0n) is 9.96. The van der Waals surface area contributed by atoms with Crippen LogP contribution in [-0.4, -0.2) is 21.3 Å². The first-order valence-corrected chi connectivity index (χ1v) is 6.88. The van der Waals surface area contributed by atoms with Crippen LogP contribution >= 0.6 is 23.1 Å². The molecule has 1 aromatic heterocycles. The molecule has 1 aromatic rings. The van der Waals surface area contributed by atoms with Crippen LogP contribution in [0.3, 0.4) is 0 Å². The minimum atomic E-state index is 0.0358. The van der Waals surface area contributed by atoms with E-state index in [1.807, 2.05) is 0 Å². The predicted octanol–water partition coefficient (Wildman–Crippen LogP) is 3.26. The zero-order valence-corrected chi connectivity index (χ0v) is 11.5. The summed E-state index contributed by atoms with van der Waals surface area (Å²) >= 11 is 7.38. The molecule has 1 N–H and O–H groups in total. The van der Waals surface area contributed by atoms with Crippen LogP contribution in [0.4, 0.5) is 5.13 Å². The first-order chi connectivity index (χ1) is 7.45. The fraction of sp³-hybridized carbons (Fsp3) is 0.818. The molecule has 0 bridgehead atoms. The van der Waals surface area contributed by atoms with Gasteiger partial charge in [0.25, 0.3) is 0 Å². The van der Waals surface area contributed by atoms with Gasteiger partial charge in [0.1, 0.15) is 5.82 Å². The normalized spacial score (nSPS) is 25.2. The number of nitrogens with one attached hydrogen (secondary N) is 1. The Bertz CT molecular complexity index is 352. The van der Waals surface area contributed by atoms with E-state index in [1.54, 1.807) is 0 Å². The largest absolute Gasteiger partial charge is 0.360 e. The summed E-state index contributed by atoms with van der Waals surface area (Å²) < 4.78 is 4.37. The number of halogens is 1. The van der Waals surface area contributed by atoms with E-state index in [0.29, 0.717) is 11.3 Å². The van der Waals surface area contributed by atoms with Gasteiger partial charge in [-0.05, 0) is 18.8 Å². The van der Waals surface area contributed by atoms with Gasteiger partial charge in [-0.3, -0.25) is 0 Å². The van der Waals surface area contributed by atoms with Gasteiger partial charge >= 0.3 is 0 Å². The summed E-state index contributed by atoms with van der Waals surface area (Å²) in [6.07, 6.45) is 2.25.